The lowest BCUT2D eigenvalue weighted by molar-refractivity contribution is 0.666. The molecular formula is C61H44N2O2. The number of furan rings is 2. The average molecular weight is 837 g/mol. The number of hydrogen-bond donors (Lipinski definition) is 0. The van der Waals surface area contributed by atoms with E-state index in [-0.39, 0.29) is 5.41 Å². The Balaban J connectivity index is 1.01. The van der Waals surface area contributed by atoms with Crippen LogP contribution in [0.4, 0.5) is 34.1 Å². The Hall–Kier alpha value is -8.08. The Bertz CT molecular complexity index is 3890. The molecule has 0 bridgehead atoms. The lowest BCUT2D eigenvalue weighted by Gasteiger charge is -2.30. The van der Waals surface area contributed by atoms with Crippen LogP contribution in [-0.4, -0.2) is 0 Å². The molecule has 65 heavy (non-hydrogen) atoms. The first-order chi connectivity index (χ1) is 31.8. The zero-order valence-corrected chi connectivity index (χ0v) is 36.7. The van der Waals surface area contributed by atoms with E-state index in [0.717, 1.165) is 78.0 Å². The molecule has 0 atom stereocenters. The van der Waals surface area contributed by atoms with Gasteiger partial charge in [-0.1, -0.05) is 152 Å². The monoisotopic (exact) mass is 836 g/mol. The van der Waals surface area contributed by atoms with Crippen LogP contribution in [0.2, 0.25) is 0 Å². The van der Waals surface area contributed by atoms with Crippen LogP contribution in [0.3, 0.4) is 0 Å². The molecule has 4 nitrogen and oxygen atoms in total. The van der Waals surface area contributed by atoms with E-state index in [4.69, 9.17) is 8.83 Å². The first-order valence-corrected chi connectivity index (χ1v) is 22.5. The molecule has 310 valence electrons. The second kappa shape index (κ2) is 14.0. The lowest BCUT2D eigenvalue weighted by atomic mass is 9.79. The Labute approximate surface area is 377 Å². The third kappa shape index (κ3) is 5.57. The SMILES string of the molecule is Cc1ccc(N(c2ccc3c4c(ccc3c2)-c2c(cc(N(c3ccc(C)cc3)c3cccc5c3oc3ccccc35)c3ccccc23)C4(C)C)c2cccc3c2oc2ccccc23)cc1. The molecule has 0 aliphatic heterocycles. The summed E-state index contributed by atoms with van der Waals surface area (Å²) in [5.41, 5.74) is 17.2. The number of rotatable bonds is 6. The molecule has 0 radical (unpaired) electrons. The summed E-state index contributed by atoms with van der Waals surface area (Å²) in [5.74, 6) is 0. The van der Waals surface area contributed by atoms with E-state index in [1.165, 1.54) is 54.9 Å². The maximum Gasteiger partial charge on any atom is 0.159 e. The van der Waals surface area contributed by atoms with Crippen LogP contribution in [0.5, 0.6) is 0 Å². The fourth-order valence-corrected chi connectivity index (χ4v) is 10.8. The van der Waals surface area contributed by atoms with Crippen LogP contribution in [0.1, 0.15) is 36.1 Å². The Kier molecular flexibility index (Phi) is 8.05. The first kappa shape index (κ1) is 37.5. The van der Waals surface area contributed by atoms with Crippen molar-refractivity contribution in [3.05, 3.63) is 216 Å². The van der Waals surface area contributed by atoms with Gasteiger partial charge in [-0.15, -0.1) is 0 Å². The summed E-state index contributed by atoms with van der Waals surface area (Å²) in [6.45, 7) is 9.09. The van der Waals surface area contributed by atoms with Gasteiger partial charge in [-0.2, -0.15) is 0 Å². The fraction of sp³-hybridized carbons (Fsp3) is 0.0820. The van der Waals surface area contributed by atoms with Gasteiger partial charge in [0, 0.05) is 49.4 Å². The van der Waals surface area contributed by atoms with Gasteiger partial charge in [0.25, 0.3) is 0 Å². The molecule has 0 amide bonds. The first-order valence-electron chi connectivity index (χ1n) is 22.5. The second-order valence-electron chi connectivity index (χ2n) is 18.2. The van der Waals surface area contributed by atoms with Crippen molar-refractivity contribution in [3.63, 3.8) is 0 Å². The standard InChI is InChI=1S/C61H44N2O2/c1-37-23-28-40(29-24-37)62(52-19-11-17-48-45-14-7-9-21-55(45)64-59(48)52)42-32-34-43-39(35-42)27-33-50-57-47-16-6-5-13-44(47)54(36-51(57)61(3,4)58(43)50)63(41-30-25-38(2)26-31-41)53-20-12-18-49-46-15-8-10-22-56(46)65-60(49)53/h5-36H,1-4H3. The second-order valence-corrected chi connectivity index (χ2v) is 18.2. The molecule has 13 rings (SSSR count). The smallest absolute Gasteiger partial charge is 0.159 e. The third-order valence-electron chi connectivity index (χ3n) is 13.9. The molecule has 0 N–H and O–H groups in total. The number of benzene rings is 10. The third-order valence-corrected chi connectivity index (χ3v) is 13.9. The number of para-hydroxylation sites is 4. The van der Waals surface area contributed by atoms with Gasteiger partial charge in [-0.05, 0) is 119 Å². The van der Waals surface area contributed by atoms with Crippen molar-refractivity contribution in [2.75, 3.05) is 9.80 Å². The van der Waals surface area contributed by atoms with Crippen molar-refractivity contribution >= 4 is 99.5 Å². The van der Waals surface area contributed by atoms with Gasteiger partial charge in [0.05, 0.1) is 17.1 Å². The Morgan fingerprint density at radius 1 is 0.385 bits per heavy atom. The summed E-state index contributed by atoms with van der Waals surface area (Å²) < 4.78 is 13.4. The molecule has 0 spiro atoms. The summed E-state index contributed by atoms with van der Waals surface area (Å²) in [5, 5.41) is 9.32. The maximum atomic E-state index is 6.75. The van der Waals surface area contributed by atoms with Gasteiger partial charge in [0.2, 0.25) is 0 Å². The van der Waals surface area contributed by atoms with Crippen LogP contribution < -0.4 is 9.80 Å². The summed E-state index contributed by atoms with van der Waals surface area (Å²) in [4.78, 5) is 4.76. The highest BCUT2D eigenvalue weighted by molar-refractivity contribution is 6.16. The molecule has 2 aromatic heterocycles. The molecule has 1 aliphatic carbocycles. The van der Waals surface area contributed by atoms with Crippen LogP contribution in [0.15, 0.2) is 203 Å². The fourth-order valence-electron chi connectivity index (χ4n) is 10.8. The summed E-state index contributed by atoms with van der Waals surface area (Å²) in [7, 11) is 0. The highest BCUT2D eigenvalue weighted by Gasteiger charge is 2.39. The zero-order chi connectivity index (χ0) is 43.6. The van der Waals surface area contributed by atoms with E-state index in [2.05, 4.69) is 219 Å². The number of aryl methyl sites for hydroxylation is 2. The quantitative estimate of drug-likeness (QED) is 0.167. The van der Waals surface area contributed by atoms with Crippen molar-refractivity contribution < 1.29 is 8.83 Å². The van der Waals surface area contributed by atoms with E-state index in [1.54, 1.807) is 0 Å². The highest BCUT2D eigenvalue weighted by Crippen LogP contribution is 2.57. The molecular weight excluding hydrogens is 793 g/mol. The molecule has 4 heteroatoms. The number of nitrogens with zero attached hydrogens (tertiary/aromatic N) is 2. The van der Waals surface area contributed by atoms with E-state index in [9.17, 15) is 0 Å². The molecule has 10 aromatic carbocycles. The average Bonchev–Trinajstić information content (AvgIpc) is 3.99. The highest BCUT2D eigenvalue weighted by atomic mass is 16.3. The summed E-state index contributed by atoms with van der Waals surface area (Å²) in [6.07, 6.45) is 0. The minimum atomic E-state index is -0.328. The minimum Gasteiger partial charge on any atom is -0.454 e. The summed E-state index contributed by atoms with van der Waals surface area (Å²) >= 11 is 0. The van der Waals surface area contributed by atoms with Crippen molar-refractivity contribution in [2.45, 2.75) is 33.1 Å². The van der Waals surface area contributed by atoms with E-state index >= 15 is 0 Å². The minimum absolute atomic E-state index is 0.328. The predicted octanol–water partition coefficient (Wildman–Crippen LogP) is 17.7. The van der Waals surface area contributed by atoms with Gasteiger partial charge in [0.15, 0.2) is 11.2 Å². The van der Waals surface area contributed by atoms with Gasteiger partial charge in [-0.25, -0.2) is 0 Å². The van der Waals surface area contributed by atoms with Crippen LogP contribution in [0, 0.1) is 13.8 Å². The molecule has 1 aliphatic rings. The van der Waals surface area contributed by atoms with Crippen molar-refractivity contribution in [1.29, 1.82) is 0 Å². The normalized spacial score (nSPS) is 13.0. The molecule has 2 heterocycles. The molecule has 12 aromatic rings. The van der Waals surface area contributed by atoms with Crippen LogP contribution in [0.25, 0.3) is 76.5 Å². The number of fused-ring (bicyclic) bond motifs is 13. The van der Waals surface area contributed by atoms with Gasteiger partial charge < -0.3 is 18.6 Å². The zero-order valence-electron chi connectivity index (χ0n) is 36.7. The summed E-state index contributed by atoms with van der Waals surface area (Å²) in [6, 6.07) is 70.4. The van der Waals surface area contributed by atoms with E-state index in [0.29, 0.717) is 0 Å². The molecule has 0 fully saturated rings. The number of anilines is 6. The maximum absolute atomic E-state index is 6.75. The van der Waals surface area contributed by atoms with Gasteiger partial charge in [-0.3, -0.25) is 0 Å². The molecule has 0 saturated carbocycles. The molecule has 0 unspecified atom stereocenters. The van der Waals surface area contributed by atoms with Crippen LogP contribution in [-0.2, 0) is 5.41 Å². The van der Waals surface area contributed by atoms with Crippen LogP contribution >= 0.6 is 0 Å². The van der Waals surface area contributed by atoms with E-state index in [1.807, 2.05) is 12.1 Å². The topological polar surface area (TPSA) is 32.8 Å². The van der Waals surface area contributed by atoms with Crippen molar-refractivity contribution in [2.24, 2.45) is 0 Å². The van der Waals surface area contributed by atoms with Crippen molar-refractivity contribution in [1.82, 2.24) is 0 Å². The lowest BCUT2D eigenvalue weighted by Crippen LogP contribution is -2.17. The van der Waals surface area contributed by atoms with Gasteiger partial charge >= 0.3 is 0 Å². The largest absolute Gasteiger partial charge is 0.454 e. The van der Waals surface area contributed by atoms with E-state index < -0.39 is 0 Å². The predicted molar refractivity (Wildman–Crippen MR) is 272 cm³/mol. The van der Waals surface area contributed by atoms with Gasteiger partial charge in [0.1, 0.15) is 11.2 Å². The Morgan fingerprint density at radius 2 is 0.892 bits per heavy atom. The molecule has 0 saturated heterocycles. The van der Waals surface area contributed by atoms with Crippen molar-refractivity contribution in [3.8, 4) is 11.1 Å². The number of hydrogen-bond acceptors (Lipinski definition) is 4. The Morgan fingerprint density at radius 3 is 1.51 bits per heavy atom.